The Morgan fingerprint density at radius 3 is 2.72 bits per heavy atom. The molecule has 0 aromatic carbocycles. The van der Waals surface area contributed by atoms with Crippen LogP contribution in [0.3, 0.4) is 0 Å². The molecule has 0 spiro atoms. The first kappa shape index (κ1) is 13.3. The van der Waals surface area contributed by atoms with E-state index < -0.39 is 5.97 Å². The number of anilines is 1. The molecular weight excluding hydrogens is 250 g/mol. The van der Waals surface area contributed by atoms with Crippen LogP contribution < -0.4 is 5.32 Å². The number of aliphatic carboxylic acids is 1. The van der Waals surface area contributed by atoms with Gasteiger partial charge in [-0.3, -0.25) is 4.79 Å². The first-order valence-corrected chi connectivity index (χ1v) is 6.99. The normalized spacial score (nSPS) is 24.2. The highest BCUT2D eigenvalue weighted by Crippen LogP contribution is 2.30. The molecule has 5 nitrogen and oxygen atoms in total. The summed E-state index contributed by atoms with van der Waals surface area (Å²) < 4.78 is 4.32. The predicted molar refractivity (Wildman–Crippen MR) is 71.0 cm³/mol. The fourth-order valence-corrected chi connectivity index (χ4v) is 2.99. The van der Waals surface area contributed by atoms with Crippen LogP contribution in [0.15, 0.2) is 0 Å². The molecule has 6 heteroatoms. The van der Waals surface area contributed by atoms with Gasteiger partial charge in [-0.1, -0.05) is 27.2 Å². The Hall–Kier alpha value is -1.17. The minimum Gasteiger partial charge on any atom is -0.481 e. The number of carboxylic acid groups (broad SMARTS) is 1. The second-order valence-electron chi connectivity index (χ2n) is 5.80. The maximum atomic E-state index is 11.1. The van der Waals surface area contributed by atoms with Crippen molar-refractivity contribution in [1.29, 1.82) is 0 Å². The van der Waals surface area contributed by atoms with E-state index in [1.807, 2.05) is 0 Å². The lowest BCUT2D eigenvalue weighted by Crippen LogP contribution is -2.29. The van der Waals surface area contributed by atoms with E-state index in [0.29, 0.717) is 0 Å². The van der Waals surface area contributed by atoms with Crippen LogP contribution in [0.1, 0.15) is 45.9 Å². The maximum Gasteiger partial charge on any atom is 0.308 e. The van der Waals surface area contributed by atoms with Crippen LogP contribution in [0.2, 0.25) is 0 Å². The van der Waals surface area contributed by atoms with Crippen LogP contribution in [-0.2, 0) is 10.2 Å². The van der Waals surface area contributed by atoms with Gasteiger partial charge in [0.25, 0.3) is 0 Å². The molecule has 2 rings (SSSR count). The minimum absolute atomic E-state index is 0.0109. The topological polar surface area (TPSA) is 75.1 Å². The number of nitrogens with one attached hydrogen (secondary N) is 1. The van der Waals surface area contributed by atoms with Crippen molar-refractivity contribution in [3.63, 3.8) is 0 Å². The fraction of sp³-hybridized carbons (Fsp3) is 0.750. The van der Waals surface area contributed by atoms with Crippen molar-refractivity contribution in [2.45, 2.75) is 51.5 Å². The summed E-state index contributed by atoms with van der Waals surface area (Å²) in [6.07, 6.45) is 2.60. The molecule has 1 aliphatic carbocycles. The Kier molecular flexibility index (Phi) is 3.56. The molecule has 1 aliphatic rings. The van der Waals surface area contributed by atoms with Gasteiger partial charge in [0.2, 0.25) is 5.13 Å². The molecule has 100 valence electrons. The quantitative estimate of drug-likeness (QED) is 0.881. The maximum absolute atomic E-state index is 11.1. The van der Waals surface area contributed by atoms with Gasteiger partial charge < -0.3 is 10.4 Å². The summed E-state index contributed by atoms with van der Waals surface area (Å²) in [6.45, 7) is 6.19. The molecule has 1 saturated carbocycles. The van der Waals surface area contributed by atoms with Gasteiger partial charge in [-0.05, 0) is 12.8 Å². The fourth-order valence-electron chi connectivity index (χ4n) is 2.17. The predicted octanol–water partition coefficient (Wildman–Crippen LogP) is 2.50. The second-order valence-corrected chi connectivity index (χ2v) is 6.55. The minimum atomic E-state index is -0.717. The first-order valence-electron chi connectivity index (χ1n) is 6.21. The molecule has 1 aromatic heterocycles. The van der Waals surface area contributed by atoms with Crippen LogP contribution >= 0.6 is 11.5 Å². The van der Waals surface area contributed by atoms with Gasteiger partial charge in [-0.25, -0.2) is 4.98 Å². The van der Waals surface area contributed by atoms with E-state index in [-0.39, 0.29) is 17.4 Å². The van der Waals surface area contributed by atoms with Gasteiger partial charge in [0, 0.05) is 23.0 Å². The van der Waals surface area contributed by atoms with Gasteiger partial charge in [0.05, 0.1) is 5.92 Å². The average Bonchev–Trinajstić information content (AvgIpc) is 2.85. The van der Waals surface area contributed by atoms with Crippen molar-refractivity contribution in [1.82, 2.24) is 9.36 Å². The third kappa shape index (κ3) is 2.80. The molecule has 2 atom stereocenters. The molecule has 1 fully saturated rings. The molecule has 18 heavy (non-hydrogen) atoms. The summed E-state index contributed by atoms with van der Waals surface area (Å²) in [5.41, 5.74) is -0.0711. The zero-order valence-electron chi connectivity index (χ0n) is 10.9. The summed E-state index contributed by atoms with van der Waals surface area (Å²) in [5.74, 6) is -0.211. The highest BCUT2D eigenvalue weighted by atomic mass is 32.1. The summed E-state index contributed by atoms with van der Waals surface area (Å²) in [5, 5.41) is 13.1. The van der Waals surface area contributed by atoms with E-state index in [9.17, 15) is 4.79 Å². The average molecular weight is 269 g/mol. The van der Waals surface area contributed by atoms with Crippen molar-refractivity contribution in [3.8, 4) is 0 Å². The number of rotatable bonds is 3. The third-order valence-electron chi connectivity index (χ3n) is 3.24. The summed E-state index contributed by atoms with van der Waals surface area (Å²) in [7, 11) is 0. The lowest BCUT2D eigenvalue weighted by molar-refractivity contribution is -0.141. The van der Waals surface area contributed by atoms with Gasteiger partial charge in [0.1, 0.15) is 5.82 Å². The van der Waals surface area contributed by atoms with E-state index in [0.717, 1.165) is 30.2 Å². The molecular formula is C12H19N3O2S. The van der Waals surface area contributed by atoms with E-state index in [2.05, 4.69) is 35.4 Å². The molecule has 0 radical (unpaired) electrons. The van der Waals surface area contributed by atoms with E-state index in [4.69, 9.17) is 5.11 Å². The standard InChI is InChI=1S/C12H19N3O2S/c1-12(2,3)10-14-11(18-15-10)13-8-6-4-5-7(8)9(16)17/h7-8H,4-6H2,1-3H3,(H,16,17)(H,13,14,15)/t7-,8+/m1/s1. The van der Waals surface area contributed by atoms with Gasteiger partial charge in [0.15, 0.2) is 0 Å². The highest BCUT2D eigenvalue weighted by molar-refractivity contribution is 7.09. The number of aromatic nitrogens is 2. The van der Waals surface area contributed by atoms with Crippen LogP contribution in [-0.4, -0.2) is 26.5 Å². The van der Waals surface area contributed by atoms with Gasteiger partial charge >= 0.3 is 5.97 Å². The molecule has 1 heterocycles. The summed E-state index contributed by atoms with van der Waals surface area (Å²) in [6, 6.07) is -0.0109. The molecule has 1 aromatic rings. The largest absolute Gasteiger partial charge is 0.481 e. The van der Waals surface area contributed by atoms with Gasteiger partial charge in [-0.15, -0.1) is 0 Å². The lowest BCUT2D eigenvalue weighted by atomic mass is 9.96. The van der Waals surface area contributed by atoms with Crippen LogP contribution in [0.5, 0.6) is 0 Å². The van der Waals surface area contributed by atoms with Crippen molar-refractivity contribution in [2.24, 2.45) is 5.92 Å². The number of carbonyl (C=O) groups is 1. The summed E-state index contributed by atoms with van der Waals surface area (Å²) in [4.78, 5) is 15.5. The van der Waals surface area contributed by atoms with E-state index >= 15 is 0 Å². The van der Waals surface area contributed by atoms with Crippen LogP contribution in [0.4, 0.5) is 5.13 Å². The van der Waals surface area contributed by atoms with Crippen molar-refractivity contribution < 1.29 is 9.90 Å². The zero-order chi connectivity index (χ0) is 13.3. The number of nitrogens with zero attached hydrogens (tertiary/aromatic N) is 2. The number of hydrogen-bond donors (Lipinski definition) is 2. The highest BCUT2D eigenvalue weighted by Gasteiger charge is 2.33. The molecule has 0 amide bonds. The first-order chi connectivity index (χ1) is 8.38. The van der Waals surface area contributed by atoms with Crippen LogP contribution in [0.25, 0.3) is 0 Å². The monoisotopic (exact) mass is 269 g/mol. The van der Waals surface area contributed by atoms with Crippen LogP contribution in [0, 0.1) is 5.92 Å². The Morgan fingerprint density at radius 2 is 2.17 bits per heavy atom. The second kappa shape index (κ2) is 4.84. The molecule has 0 bridgehead atoms. The third-order valence-corrected chi connectivity index (χ3v) is 3.89. The Labute approximate surface area is 111 Å². The lowest BCUT2D eigenvalue weighted by Gasteiger charge is -2.16. The molecule has 0 unspecified atom stereocenters. The smallest absolute Gasteiger partial charge is 0.308 e. The SMILES string of the molecule is CC(C)(C)c1nsc(N[C@H]2CCC[C@H]2C(=O)O)n1. The number of hydrogen-bond acceptors (Lipinski definition) is 5. The molecule has 2 N–H and O–H groups in total. The Bertz CT molecular complexity index is 439. The van der Waals surface area contributed by atoms with E-state index in [1.165, 1.54) is 11.5 Å². The molecule has 0 aliphatic heterocycles. The number of carboxylic acids is 1. The van der Waals surface area contributed by atoms with Gasteiger partial charge in [-0.2, -0.15) is 4.37 Å². The van der Waals surface area contributed by atoms with Crippen molar-refractivity contribution >= 4 is 22.6 Å². The van der Waals surface area contributed by atoms with E-state index in [1.54, 1.807) is 0 Å². The van der Waals surface area contributed by atoms with Crippen molar-refractivity contribution in [2.75, 3.05) is 5.32 Å². The Balaban J connectivity index is 2.05. The summed E-state index contributed by atoms with van der Waals surface area (Å²) >= 11 is 1.31. The zero-order valence-corrected chi connectivity index (χ0v) is 11.8. The Morgan fingerprint density at radius 1 is 1.44 bits per heavy atom. The molecule has 0 saturated heterocycles. The van der Waals surface area contributed by atoms with Crippen molar-refractivity contribution in [3.05, 3.63) is 5.82 Å².